The van der Waals surface area contributed by atoms with E-state index >= 15 is 0 Å². The van der Waals surface area contributed by atoms with Gasteiger partial charge in [-0.2, -0.15) is 12.6 Å². The highest BCUT2D eigenvalue weighted by molar-refractivity contribution is 7.81. The quantitative estimate of drug-likeness (QED) is 0.302. The summed E-state index contributed by atoms with van der Waals surface area (Å²) in [7, 11) is 0. The van der Waals surface area contributed by atoms with Crippen LogP contribution in [0.4, 0.5) is 8.78 Å². The standard InChI is InChI=1S/C27H33F2N3OS/c1-27(2,12-11-19-7-4-3-5-8-19)26(32(14-6-13-30)25(33)18-34)24-15-20(17-31-24)22-16-21(28)9-10-23(22)29/h3-5,7-10,15-17,26,31,34H,6,11-14,18,30H2,1-2H3. The first-order chi connectivity index (χ1) is 16.3. The number of thiol groups is 1. The van der Waals surface area contributed by atoms with E-state index in [4.69, 9.17) is 5.73 Å². The van der Waals surface area contributed by atoms with Gasteiger partial charge in [-0.15, -0.1) is 0 Å². The molecule has 34 heavy (non-hydrogen) atoms. The molecule has 1 atom stereocenters. The van der Waals surface area contributed by atoms with E-state index in [9.17, 15) is 13.6 Å². The summed E-state index contributed by atoms with van der Waals surface area (Å²) in [5.41, 5.74) is 8.13. The first kappa shape index (κ1) is 26.0. The van der Waals surface area contributed by atoms with Crippen LogP contribution < -0.4 is 5.73 Å². The number of benzene rings is 2. The number of aromatic nitrogens is 1. The highest BCUT2D eigenvalue weighted by Crippen LogP contribution is 2.43. The fourth-order valence-electron chi connectivity index (χ4n) is 4.45. The Morgan fingerprint density at radius 2 is 1.88 bits per heavy atom. The van der Waals surface area contributed by atoms with Gasteiger partial charge in [-0.1, -0.05) is 44.2 Å². The zero-order chi connectivity index (χ0) is 24.7. The van der Waals surface area contributed by atoms with Gasteiger partial charge in [0.2, 0.25) is 5.91 Å². The Hall–Kier alpha value is -2.64. The van der Waals surface area contributed by atoms with Crippen molar-refractivity contribution in [3.8, 4) is 11.1 Å². The van der Waals surface area contributed by atoms with Crippen molar-refractivity contribution < 1.29 is 13.6 Å². The highest BCUT2D eigenvalue weighted by Gasteiger charge is 2.38. The molecular weight excluding hydrogens is 452 g/mol. The van der Waals surface area contributed by atoms with Crippen LogP contribution in [0.2, 0.25) is 0 Å². The third-order valence-corrected chi connectivity index (χ3v) is 6.52. The molecule has 0 aliphatic rings. The maximum atomic E-state index is 14.4. The first-order valence-corrected chi connectivity index (χ1v) is 12.2. The van der Waals surface area contributed by atoms with Crippen molar-refractivity contribution in [3.05, 3.63) is 83.7 Å². The summed E-state index contributed by atoms with van der Waals surface area (Å²) in [6, 6.07) is 15.1. The second kappa shape index (κ2) is 11.7. The molecule has 0 radical (unpaired) electrons. The van der Waals surface area contributed by atoms with Crippen LogP contribution in [0, 0.1) is 17.0 Å². The van der Waals surface area contributed by atoms with Crippen molar-refractivity contribution in [2.75, 3.05) is 18.8 Å². The molecule has 0 aliphatic heterocycles. The SMILES string of the molecule is CC(C)(CCc1ccccc1)C(c1cc(-c2cc(F)ccc2F)c[nH]1)N(CCCN)C(=O)CS. The van der Waals surface area contributed by atoms with Gasteiger partial charge in [0.05, 0.1) is 11.8 Å². The van der Waals surface area contributed by atoms with E-state index in [1.54, 1.807) is 6.20 Å². The van der Waals surface area contributed by atoms with Crippen molar-refractivity contribution in [3.63, 3.8) is 0 Å². The summed E-state index contributed by atoms with van der Waals surface area (Å²) in [4.78, 5) is 18.1. The number of hydrogen-bond donors (Lipinski definition) is 3. The molecule has 0 saturated carbocycles. The van der Waals surface area contributed by atoms with Crippen molar-refractivity contribution in [1.29, 1.82) is 0 Å². The number of carbonyl (C=O) groups is 1. The summed E-state index contributed by atoms with van der Waals surface area (Å²) in [6.45, 7) is 5.20. The lowest BCUT2D eigenvalue weighted by molar-refractivity contribution is -0.134. The van der Waals surface area contributed by atoms with Gasteiger partial charge in [0, 0.05) is 29.6 Å². The number of H-pyrrole nitrogens is 1. The van der Waals surface area contributed by atoms with Crippen LogP contribution in [0.3, 0.4) is 0 Å². The zero-order valence-electron chi connectivity index (χ0n) is 19.7. The molecule has 3 rings (SSSR count). The number of nitrogens with two attached hydrogens (primary N) is 1. The molecule has 3 N–H and O–H groups in total. The Balaban J connectivity index is 2.01. The summed E-state index contributed by atoms with van der Waals surface area (Å²) in [6.07, 6.45) is 3.97. The second-order valence-corrected chi connectivity index (χ2v) is 9.55. The van der Waals surface area contributed by atoms with Crippen LogP contribution in [0.25, 0.3) is 11.1 Å². The maximum absolute atomic E-state index is 14.4. The lowest BCUT2D eigenvalue weighted by atomic mass is 9.76. The van der Waals surface area contributed by atoms with Crippen LogP contribution in [-0.4, -0.2) is 34.6 Å². The van der Waals surface area contributed by atoms with Crippen LogP contribution >= 0.6 is 12.6 Å². The number of carbonyl (C=O) groups excluding carboxylic acids is 1. The second-order valence-electron chi connectivity index (χ2n) is 9.23. The molecule has 0 bridgehead atoms. The Labute approximate surface area is 206 Å². The van der Waals surface area contributed by atoms with Crippen molar-refractivity contribution >= 4 is 18.5 Å². The number of nitrogens with one attached hydrogen (secondary N) is 1. The normalized spacial score (nSPS) is 12.5. The van der Waals surface area contributed by atoms with E-state index in [2.05, 4.69) is 43.6 Å². The number of amides is 1. The molecule has 0 aliphatic carbocycles. The van der Waals surface area contributed by atoms with E-state index in [-0.39, 0.29) is 28.7 Å². The minimum Gasteiger partial charge on any atom is -0.363 e. The predicted molar refractivity (Wildman–Crippen MR) is 137 cm³/mol. The summed E-state index contributed by atoms with van der Waals surface area (Å²) < 4.78 is 28.3. The average Bonchev–Trinajstić information content (AvgIpc) is 3.31. The van der Waals surface area contributed by atoms with Gasteiger partial charge in [0.15, 0.2) is 0 Å². The summed E-state index contributed by atoms with van der Waals surface area (Å²) in [5.74, 6) is -1.03. The Kier molecular flexibility index (Phi) is 8.91. The number of rotatable bonds is 11. The smallest absolute Gasteiger partial charge is 0.232 e. The third kappa shape index (κ3) is 6.27. The number of hydrogen-bond acceptors (Lipinski definition) is 3. The van der Waals surface area contributed by atoms with E-state index in [1.807, 2.05) is 29.2 Å². The number of nitrogens with zero attached hydrogens (tertiary/aromatic N) is 1. The van der Waals surface area contributed by atoms with E-state index in [0.29, 0.717) is 25.1 Å². The van der Waals surface area contributed by atoms with Gasteiger partial charge in [-0.3, -0.25) is 4.79 Å². The molecule has 0 saturated heterocycles. The van der Waals surface area contributed by atoms with Crippen molar-refractivity contribution in [2.45, 2.75) is 39.2 Å². The molecule has 7 heteroatoms. The van der Waals surface area contributed by atoms with Crippen LogP contribution in [0.15, 0.2) is 60.8 Å². The average molecular weight is 486 g/mol. The minimum absolute atomic E-state index is 0.0714. The van der Waals surface area contributed by atoms with Gasteiger partial charge in [0.1, 0.15) is 11.6 Å². The molecule has 1 amide bonds. The molecule has 1 unspecified atom stereocenters. The number of halogens is 2. The Morgan fingerprint density at radius 1 is 1.15 bits per heavy atom. The monoisotopic (exact) mass is 485 g/mol. The van der Waals surface area contributed by atoms with Gasteiger partial charge < -0.3 is 15.6 Å². The van der Waals surface area contributed by atoms with Crippen LogP contribution in [-0.2, 0) is 11.2 Å². The molecular formula is C27H33F2N3OS. The van der Waals surface area contributed by atoms with Gasteiger partial charge in [-0.05, 0) is 61.1 Å². The summed E-state index contributed by atoms with van der Waals surface area (Å²) in [5, 5.41) is 0. The molecule has 1 heterocycles. The summed E-state index contributed by atoms with van der Waals surface area (Å²) >= 11 is 4.25. The molecule has 0 spiro atoms. The maximum Gasteiger partial charge on any atom is 0.232 e. The zero-order valence-corrected chi connectivity index (χ0v) is 20.6. The van der Waals surface area contributed by atoms with Crippen LogP contribution in [0.1, 0.15) is 44.0 Å². The fraction of sp³-hybridized carbons (Fsp3) is 0.370. The molecule has 2 aromatic carbocycles. The van der Waals surface area contributed by atoms with Crippen molar-refractivity contribution in [1.82, 2.24) is 9.88 Å². The molecule has 4 nitrogen and oxygen atoms in total. The minimum atomic E-state index is -0.506. The third-order valence-electron chi connectivity index (χ3n) is 6.25. The van der Waals surface area contributed by atoms with E-state index < -0.39 is 11.6 Å². The van der Waals surface area contributed by atoms with Gasteiger partial charge >= 0.3 is 0 Å². The first-order valence-electron chi connectivity index (χ1n) is 11.5. The molecule has 182 valence electrons. The number of aromatic amines is 1. The highest BCUT2D eigenvalue weighted by atomic mass is 32.1. The Bertz CT molecular complexity index is 1080. The lowest BCUT2D eigenvalue weighted by Gasteiger charge is -2.42. The number of aryl methyl sites for hydroxylation is 1. The predicted octanol–water partition coefficient (Wildman–Crippen LogP) is 5.77. The Morgan fingerprint density at radius 3 is 2.56 bits per heavy atom. The molecule has 1 aromatic heterocycles. The lowest BCUT2D eigenvalue weighted by Crippen LogP contribution is -2.44. The van der Waals surface area contributed by atoms with E-state index in [0.717, 1.165) is 30.7 Å². The van der Waals surface area contributed by atoms with Crippen LogP contribution in [0.5, 0.6) is 0 Å². The largest absolute Gasteiger partial charge is 0.363 e. The van der Waals surface area contributed by atoms with E-state index in [1.165, 1.54) is 11.6 Å². The van der Waals surface area contributed by atoms with Gasteiger partial charge in [-0.25, -0.2) is 8.78 Å². The molecule has 3 aromatic rings. The van der Waals surface area contributed by atoms with Crippen molar-refractivity contribution in [2.24, 2.45) is 11.1 Å². The van der Waals surface area contributed by atoms with Gasteiger partial charge in [0.25, 0.3) is 0 Å². The fourth-order valence-corrected chi connectivity index (χ4v) is 4.63. The molecule has 0 fully saturated rings. The topological polar surface area (TPSA) is 62.1 Å².